The summed E-state index contributed by atoms with van der Waals surface area (Å²) >= 11 is 0. The molecule has 0 aliphatic carbocycles. The number of aliphatic hydroxyl groups is 2. The summed E-state index contributed by atoms with van der Waals surface area (Å²) in [5.74, 6) is 5.20. The van der Waals surface area contributed by atoms with Crippen LogP contribution in [0, 0.1) is 11.8 Å². The Morgan fingerprint density at radius 1 is 1.24 bits per heavy atom. The van der Waals surface area contributed by atoms with Crippen LogP contribution >= 0.6 is 0 Å². The third-order valence-corrected chi connectivity index (χ3v) is 5.76. The minimum absolute atomic E-state index is 0.0146. The Morgan fingerprint density at radius 2 is 2.08 bits per heavy atom. The minimum Gasteiger partial charge on any atom is -0.464 e. The number of rotatable bonds is 9. The Hall–Kier alpha value is -4.46. The number of methoxy groups -OCH3 is 1. The van der Waals surface area contributed by atoms with Crippen molar-refractivity contribution in [1.82, 2.24) is 24.5 Å². The average Bonchev–Trinajstić information content (AvgIpc) is 3.55. The van der Waals surface area contributed by atoms with Crippen molar-refractivity contribution >= 4 is 23.3 Å². The highest BCUT2D eigenvalue weighted by molar-refractivity contribution is 6.03. The van der Waals surface area contributed by atoms with E-state index in [4.69, 9.17) is 9.84 Å². The molecule has 4 rings (SSSR count). The Labute approximate surface area is 213 Å². The van der Waals surface area contributed by atoms with Crippen LogP contribution in [0.4, 0.5) is 0 Å². The lowest BCUT2D eigenvalue weighted by Gasteiger charge is -2.10. The Balaban J connectivity index is 1.69. The maximum absolute atomic E-state index is 12.6. The fraction of sp³-hybridized carbons (Fsp3) is 0.259. The molecule has 0 saturated heterocycles. The first-order valence-corrected chi connectivity index (χ1v) is 11.6. The molecule has 10 heteroatoms. The summed E-state index contributed by atoms with van der Waals surface area (Å²) in [6, 6.07) is 13.0. The molecule has 0 bridgehead atoms. The summed E-state index contributed by atoms with van der Waals surface area (Å²) in [6.45, 7) is 0.776. The van der Waals surface area contributed by atoms with E-state index in [-0.39, 0.29) is 12.3 Å². The van der Waals surface area contributed by atoms with Crippen LogP contribution in [0.5, 0.6) is 0 Å². The van der Waals surface area contributed by atoms with E-state index in [1.54, 1.807) is 22.6 Å². The van der Waals surface area contributed by atoms with Crippen molar-refractivity contribution in [3.8, 4) is 28.7 Å². The molecule has 4 aromatic rings. The van der Waals surface area contributed by atoms with Crippen LogP contribution in [-0.4, -0.2) is 80.5 Å². The highest BCUT2D eigenvalue weighted by Crippen LogP contribution is 2.29. The number of ether oxygens (including phenoxy) is 1. The number of nitrogens with zero attached hydrogens (tertiary/aromatic N) is 5. The van der Waals surface area contributed by atoms with Crippen molar-refractivity contribution in [2.75, 3.05) is 27.3 Å². The number of aliphatic hydroxyl groups excluding tert-OH is 2. The number of carbonyl (C=O) groups is 2. The first-order valence-electron chi connectivity index (χ1n) is 11.6. The normalized spacial score (nSPS) is 11.6. The van der Waals surface area contributed by atoms with Gasteiger partial charge in [0.2, 0.25) is 6.41 Å². The van der Waals surface area contributed by atoms with Crippen LogP contribution in [0.25, 0.3) is 27.7 Å². The van der Waals surface area contributed by atoms with Crippen LogP contribution in [0.2, 0.25) is 0 Å². The molecule has 1 amide bonds. The molecule has 2 aromatic heterocycles. The number of amides is 1. The second-order valence-corrected chi connectivity index (χ2v) is 8.41. The van der Waals surface area contributed by atoms with Gasteiger partial charge in [0.05, 0.1) is 37.7 Å². The maximum atomic E-state index is 12.6. The van der Waals surface area contributed by atoms with E-state index in [0.717, 1.165) is 11.1 Å². The Bertz CT molecular complexity index is 1480. The number of benzene rings is 2. The smallest absolute Gasteiger partial charge is 0.359 e. The van der Waals surface area contributed by atoms with Gasteiger partial charge in [0.25, 0.3) is 0 Å². The lowest BCUT2D eigenvalue weighted by molar-refractivity contribution is -0.117. The second-order valence-electron chi connectivity index (χ2n) is 8.41. The number of hydrogen-bond donors (Lipinski definition) is 2. The molecule has 0 saturated carbocycles. The van der Waals surface area contributed by atoms with Gasteiger partial charge in [-0.2, -0.15) is 10.2 Å². The monoisotopic (exact) mass is 501 g/mol. The predicted molar refractivity (Wildman–Crippen MR) is 137 cm³/mol. The van der Waals surface area contributed by atoms with Gasteiger partial charge in [0.1, 0.15) is 6.10 Å². The van der Waals surface area contributed by atoms with Crippen LogP contribution in [-0.2, 0) is 16.1 Å². The summed E-state index contributed by atoms with van der Waals surface area (Å²) in [6.07, 6.45) is 3.70. The standard InChI is InChI=1S/C27H27N5O5/c1-30(18-34)11-10-23(35)8-6-19-4-3-5-22(14-19)32-25-9-7-20(21-16-28-31(17-21)12-13-33)15-24(25)26(29-32)27(36)37-2/h3-5,7,9,14-18,23,33,35H,10-13H2,1-2H3/t23-/m0/s1. The Morgan fingerprint density at radius 3 is 2.84 bits per heavy atom. The van der Waals surface area contributed by atoms with Crippen LogP contribution in [0.3, 0.4) is 0 Å². The van der Waals surface area contributed by atoms with Gasteiger partial charge >= 0.3 is 5.97 Å². The number of carbonyl (C=O) groups excluding carboxylic acids is 2. The van der Waals surface area contributed by atoms with E-state index in [0.29, 0.717) is 48.1 Å². The van der Waals surface area contributed by atoms with Crippen LogP contribution < -0.4 is 0 Å². The molecule has 0 aliphatic heterocycles. The van der Waals surface area contributed by atoms with E-state index in [1.807, 2.05) is 48.7 Å². The second kappa shape index (κ2) is 11.5. The van der Waals surface area contributed by atoms with E-state index >= 15 is 0 Å². The van der Waals surface area contributed by atoms with Gasteiger partial charge in [-0.3, -0.25) is 9.48 Å². The van der Waals surface area contributed by atoms with Crippen molar-refractivity contribution in [3.63, 3.8) is 0 Å². The minimum atomic E-state index is -0.873. The molecular weight excluding hydrogens is 474 g/mol. The molecule has 2 aromatic carbocycles. The summed E-state index contributed by atoms with van der Waals surface area (Å²) < 4.78 is 8.28. The molecule has 1 atom stereocenters. The van der Waals surface area contributed by atoms with Crippen molar-refractivity contribution in [2.24, 2.45) is 0 Å². The lowest BCUT2D eigenvalue weighted by Crippen LogP contribution is -2.21. The van der Waals surface area contributed by atoms with E-state index in [2.05, 4.69) is 22.0 Å². The van der Waals surface area contributed by atoms with Crippen molar-refractivity contribution < 1.29 is 24.5 Å². The Kier molecular flexibility index (Phi) is 7.98. The van der Waals surface area contributed by atoms with Crippen LogP contribution in [0.1, 0.15) is 22.5 Å². The zero-order valence-electron chi connectivity index (χ0n) is 20.5. The fourth-order valence-corrected chi connectivity index (χ4v) is 3.81. The first kappa shape index (κ1) is 25.6. The van der Waals surface area contributed by atoms with Gasteiger partial charge in [-0.1, -0.05) is 24.0 Å². The third-order valence-electron chi connectivity index (χ3n) is 5.76. The van der Waals surface area contributed by atoms with Crippen molar-refractivity contribution in [2.45, 2.75) is 19.1 Å². The SMILES string of the molecule is COC(=O)c1nn(-c2cccc(C#C[C@H](O)CCN(C)C=O)c2)c2ccc(-c3cnn(CCO)c3)cc12. The summed E-state index contributed by atoms with van der Waals surface area (Å²) in [5, 5.41) is 28.7. The molecule has 2 N–H and O–H groups in total. The third kappa shape index (κ3) is 5.86. The molecule has 0 radical (unpaired) electrons. The number of aromatic nitrogens is 4. The highest BCUT2D eigenvalue weighted by Gasteiger charge is 2.20. The number of fused-ring (bicyclic) bond motifs is 1. The molecule has 0 unspecified atom stereocenters. The molecule has 190 valence electrons. The van der Waals surface area contributed by atoms with Crippen molar-refractivity contribution in [1.29, 1.82) is 0 Å². The van der Waals surface area contributed by atoms with Gasteiger partial charge in [-0.15, -0.1) is 0 Å². The van der Waals surface area contributed by atoms with Crippen molar-refractivity contribution in [3.05, 3.63) is 66.1 Å². The zero-order chi connectivity index (χ0) is 26.4. The largest absolute Gasteiger partial charge is 0.464 e. The number of esters is 1. The molecule has 10 nitrogen and oxygen atoms in total. The van der Waals surface area contributed by atoms with Gasteiger partial charge in [-0.05, 0) is 35.9 Å². The molecule has 37 heavy (non-hydrogen) atoms. The summed E-state index contributed by atoms with van der Waals surface area (Å²) in [7, 11) is 2.95. The molecular formula is C27H27N5O5. The molecule has 0 spiro atoms. The van der Waals surface area contributed by atoms with Crippen LogP contribution in [0.15, 0.2) is 54.9 Å². The van der Waals surface area contributed by atoms with E-state index in [1.165, 1.54) is 12.0 Å². The average molecular weight is 502 g/mol. The zero-order valence-corrected chi connectivity index (χ0v) is 20.5. The van der Waals surface area contributed by atoms with Gasteiger partial charge in [0, 0.05) is 42.7 Å². The van der Waals surface area contributed by atoms with Gasteiger partial charge < -0.3 is 19.8 Å². The molecule has 0 aliphatic rings. The predicted octanol–water partition coefficient (Wildman–Crippen LogP) is 1.86. The van der Waals surface area contributed by atoms with Gasteiger partial charge in [-0.25, -0.2) is 9.48 Å². The number of hydrogen-bond acceptors (Lipinski definition) is 7. The van der Waals surface area contributed by atoms with E-state index in [9.17, 15) is 14.7 Å². The first-order chi connectivity index (χ1) is 17.9. The maximum Gasteiger partial charge on any atom is 0.359 e. The fourth-order valence-electron chi connectivity index (χ4n) is 3.81. The highest BCUT2D eigenvalue weighted by atomic mass is 16.5. The quantitative estimate of drug-likeness (QED) is 0.204. The molecule has 2 heterocycles. The lowest BCUT2D eigenvalue weighted by atomic mass is 10.1. The van der Waals surface area contributed by atoms with E-state index < -0.39 is 12.1 Å². The summed E-state index contributed by atoms with van der Waals surface area (Å²) in [5.41, 5.74) is 3.91. The topological polar surface area (TPSA) is 123 Å². The molecule has 0 fully saturated rings. The summed E-state index contributed by atoms with van der Waals surface area (Å²) in [4.78, 5) is 24.7. The van der Waals surface area contributed by atoms with Gasteiger partial charge in [0.15, 0.2) is 5.69 Å².